The first-order valence-electron chi connectivity index (χ1n) is 5.43. The van der Waals surface area contributed by atoms with Gasteiger partial charge in [0, 0.05) is 6.26 Å². The molecule has 0 spiro atoms. The zero-order chi connectivity index (χ0) is 16.6. The highest BCUT2D eigenvalue weighted by atomic mass is 35.5. The third-order valence-electron chi connectivity index (χ3n) is 1.91. The molecule has 0 aliphatic rings. The second-order valence-electron chi connectivity index (χ2n) is 3.53. The minimum atomic E-state index is -3.68. The Hall–Kier alpha value is -1.51. The first-order chi connectivity index (χ1) is 9.65. The van der Waals surface area contributed by atoms with Gasteiger partial charge >= 0.3 is 6.09 Å². The van der Waals surface area contributed by atoms with Gasteiger partial charge in [0.2, 0.25) is 5.04 Å². The van der Waals surface area contributed by atoms with Crippen LogP contribution >= 0.6 is 23.2 Å². The van der Waals surface area contributed by atoms with E-state index in [1.165, 1.54) is 12.1 Å². The Labute approximate surface area is 132 Å². The van der Waals surface area contributed by atoms with E-state index in [2.05, 4.69) is 15.6 Å². The molecule has 0 saturated carbocycles. The van der Waals surface area contributed by atoms with Crippen LogP contribution in [0.25, 0.3) is 0 Å². The summed E-state index contributed by atoms with van der Waals surface area (Å²) < 4.78 is 26.7. The second-order valence-corrected chi connectivity index (χ2v) is 6.27. The average molecular weight is 357 g/mol. The standard InChI is InChI=1S/C8H7Cl2NO3S.C3H7NO2/c1-15(13,14)8(11-12)7-5(9)3-2-4-6(7)10;1-2-6-3(4)5/h2-4,12H,1H3;2H2,1H3,(H2,4,5). The molecule has 0 aliphatic carbocycles. The number of nitrogens with zero attached hydrogens (tertiary/aromatic N) is 1. The van der Waals surface area contributed by atoms with Crippen molar-refractivity contribution in [3.05, 3.63) is 33.8 Å². The van der Waals surface area contributed by atoms with Crippen molar-refractivity contribution in [3.8, 4) is 0 Å². The van der Waals surface area contributed by atoms with Crippen molar-refractivity contribution >= 4 is 44.2 Å². The van der Waals surface area contributed by atoms with Gasteiger partial charge in [-0.25, -0.2) is 13.2 Å². The van der Waals surface area contributed by atoms with Crippen LogP contribution in [0.15, 0.2) is 23.4 Å². The number of rotatable bonds is 2. The van der Waals surface area contributed by atoms with Crippen molar-refractivity contribution in [2.24, 2.45) is 10.9 Å². The summed E-state index contributed by atoms with van der Waals surface area (Å²) in [5.41, 5.74) is 4.55. The molecule has 3 N–H and O–H groups in total. The van der Waals surface area contributed by atoms with E-state index in [1.807, 2.05) is 0 Å². The van der Waals surface area contributed by atoms with Gasteiger partial charge in [-0.05, 0) is 19.1 Å². The van der Waals surface area contributed by atoms with E-state index in [-0.39, 0.29) is 15.6 Å². The van der Waals surface area contributed by atoms with Crippen molar-refractivity contribution in [1.82, 2.24) is 0 Å². The third kappa shape index (κ3) is 6.65. The van der Waals surface area contributed by atoms with Crippen LogP contribution in [0.1, 0.15) is 12.5 Å². The fourth-order valence-electron chi connectivity index (χ4n) is 1.15. The molecule has 0 radical (unpaired) electrons. The number of carbonyl (C=O) groups excluding carboxylic acids is 1. The van der Waals surface area contributed by atoms with Crippen LogP contribution in [0.2, 0.25) is 10.0 Å². The number of ether oxygens (including phenoxy) is 1. The van der Waals surface area contributed by atoms with E-state index < -0.39 is 21.0 Å². The Morgan fingerprint density at radius 3 is 2.10 bits per heavy atom. The van der Waals surface area contributed by atoms with Gasteiger partial charge in [0.1, 0.15) is 0 Å². The van der Waals surface area contributed by atoms with E-state index in [1.54, 1.807) is 13.0 Å². The van der Waals surface area contributed by atoms with E-state index in [0.717, 1.165) is 6.26 Å². The summed E-state index contributed by atoms with van der Waals surface area (Å²) in [6.45, 7) is 2.06. The summed E-state index contributed by atoms with van der Waals surface area (Å²) in [6.07, 6.45) is 0.194. The van der Waals surface area contributed by atoms with E-state index in [9.17, 15) is 13.2 Å². The molecule has 0 heterocycles. The number of oxime groups is 1. The molecule has 10 heteroatoms. The van der Waals surface area contributed by atoms with E-state index >= 15 is 0 Å². The zero-order valence-electron chi connectivity index (χ0n) is 11.2. The molecule has 0 saturated heterocycles. The molecule has 0 atom stereocenters. The van der Waals surface area contributed by atoms with Crippen LogP contribution in [0.4, 0.5) is 4.79 Å². The second kappa shape index (κ2) is 8.71. The first kappa shape index (κ1) is 19.5. The number of hydrogen-bond donors (Lipinski definition) is 2. The van der Waals surface area contributed by atoms with Gasteiger partial charge in [-0.2, -0.15) is 0 Å². The van der Waals surface area contributed by atoms with E-state index in [0.29, 0.717) is 6.61 Å². The molecule has 21 heavy (non-hydrogen) atoms. The van der Waals surface area contributed by atoms with Crippen molar-refractivity contribution in [2.45, 2.75) is 6.92 Å². The van der Waals surface area contributed by atoms with Crippen LogP contribution in [0.3, 0.4) is 0 Å². The molecule has 0 bridgehead atoms. The van der Waals surface area contributed by atoms with Crippen LogP contribution in [-0.4, -0.2) is 37.6 Å². The maximum atomic E-state index is 11.3. The molecule has 0 unspecified atom stereocenters. The Kier molecular flexibility index (Phi) is 8.08. The summed E-state index contributed by atoms with van der Waals surface area (Å²) in [5, 5.41) is 11.0. The molecular weight excluding hydrogens is 343 g/mol. The van der Waals surface area contributed by atoms with Crippen molar-refractivity contribution < 1.29 is 23.2 Å². The first-order valence-corrected chi connectivity index (χ1v) is 8.08. The average Bonchev–Trinajstić information content (AvgIpc) is 2.33. The highest BCUT2D eigenvalue weighted by Crippen LogP contribution is 2.26. The zero-order valence-corrected chi connectivity index (χ0v) is 13.5. The lowest BCUT2D eigenvalue weighted by atomic mass is 10.2. The van der Waals surface area contributed by atoms with Crippen LogP contribution in [-0.2, 0) is 14.6 Å². The Morgan fingerprint density at radius 2 is 1.86 bits per heavy atom. The Balaban J connectivity index is 0.000000567. The SMILES string of the molecule is CCOC(N)=O.CS(=O)(=O)C(=NO)c1c(Cl)cccc1Cl. The molecule has 1 aromatic rings. The Morgan fingerprint density at radius 1 is 1.38 bits per heavy atom. The Bertz CT molecular complexity index is 611. The van der Waals surface area contributed by atoms with Gasteiger partial charge in [-0.1, -0.05) is 34.4 Å². The quantitative estimate of drug-likeness (QED) is 0.364. The van der Waals surface area contributed by atoms with Gasteiger partial charge in [-0.15, -0.1) is 0 Å². The van der Waals surface area contributed by atoms with Crippen molar-refractivity contribution in [1.29, 1.82) is 0 Å². The molecule has 7 nitrogen and oxygen atoms in total. The molecule has 1 aromatic carbocycles. The number of sulfone groups is 1. The largest absolute Gasteiger partial charge is 0.450 e. The van der Waals surface area contributed by atoms with Crippen molar-refractivity contribution in [3.63, 3.8) is 0 Å². The molecule has 1 rings (SSSR count). The molecule has 118 valence electrons. The minimum absolute atomic E-state index is 0.00540. The third-order valence-corrected chi connectivity index (χ3v) is 3.52. The predicted molar refractivity (Wildman–Crippen MR) is 80.8 cm³/mol. The maximum absolute atomic E-state index is 11.3. The molecule has 0 fully saturated rings. The number of carbonyl (C=O) groups is 1. The van der Waals surface area contributed by atoms with Gasteiger partial charge in [-0.3, -0.25) is 0 Å². The van der Waals surface area contributed by atoms with Crippen LogP contribution in [0.5, 0.6) is 0 Å². The predicted octanol–water partition coefficient (Wildman–Crippen LogP) is 2.28. The topological polar surface area (TPSA) is 119 Å². The normalized spacial score (nSPS) is 11.3. The minimum Gasteiger partial charge on any atom is -0.450 e. The lowest BCUT2D eigenvalue weighted by molar-refractivity contribution is 0.163. The smallest absolute Gasteiger partial charge is 0.404 e. The molecule has 0 aromatic heterocycles. The summed E-state index contributed by atoms with van der Waals surface area (Å²) in [7, 11) is -3.68. The number of hydrogen-bond acceptors (Lipinski definition) is 6. The number of benzene rings is 1. The number of amides is 1. The monoisotopic (exact) mass is 356 g/mol. The number of halogens is 2. The summed E-state index contributed by atoms with van der Waals surface area (Å²) in [5.74, 6) is 0. The van der Waals surface area contributed by atoms with Crippen molar-refractivity contribution in [2.75, 3.05) is 12.9 Å². The lowest BCUT2D eigenvalue weighted by Crippen LogP contribution is -2.15. The maximum Gasteiger partial charge on any atom is 0.404 e. The van der Waals surface area contributed by atoms with Crippen LogP contribution < -0.4 is 5.73 Å². The summed E-state index contributed by atoms with van der Waals surface area (Å²) in [4.78, 5) is 9.60. The molecular formula is C11H14Cl2N2O5S. The fourth-order valence-corrected chi connectivity index (χ4v) is 2.58. The van der Waals surface area contributed by atoms with Gasteiger partial charge in [0.25, 0.3) is 0 Å². The van der Waals surface area contributed by atoms with Gasteiger partial charge < -0.3 is 15.7 Å². The van der Waals surface area contributed by atoms with Gasteiger partial charge in [0.15, 0.2) is 9.84 Å². The van der Waals surface area contributed by atoms with Gasteiger partial charge in [0.05, 0.1) is 22.2 Å². The highest BCUT2D eigenvalue weighted by Gasteiger charge is 2.22. The number of nitrogens with two attached hydrogens (primary N) is 1. The molecule has 1 amide bonds. The lowest BCUT2D eigenvalue weighted by Gasteiger charge is -2.06. The fraction of sp³-hybridized carbons (Fsp3) is 0.273. The van der Waals surface area contributed by atoms with Crippen LogP contribution in [0, 0.1) is 0 Å². The highest BCUT2D eigenvalue weighted by molar-refractivity contribution is 8.06. The summed E-state index contributed by atoms with van der Waals surface area (Å²) in [6, 6.07) is 4.48. The number of primary amides is 1. The summed E-state index contributed by atoms with van der Waals surface area (Å²) >= 11 is 11.5. The van der Waals surface area contributed by atoms with E-state index in [4.69, 9.17) is 28.4 Å². The molecule has 0 aliphatic heterocycles.